The molecule has 1 heterocycles. The van der Waals surface area contributed by atoms with Gasteiger partial charge in [0.1, 0.15) is 5.75 Å². The van der Waals surface area contributed by atoms with Gasteiger partial charge in [0.15, 0.2) is 0 Å². The fraction of sp³-hybridized carbons (Fsp3) is 0.214. The number of rotatable bonds is 9. The lowest BCUT2D eigenvalue weighted by atomic mass is 10.1. The standard InChI is InChI=1S/C28H28ClN3O3S/c1-18-8-9-20(14-19(18)2)28(34)30-12-13-32-16-26(22-6-4-5-7-24(22)32)36-17-27(33)31-23-15-21(29)10-11-25(23)35-3/h4-11,14-16H,12-13,17H2,1-3H3,(H,30,34)(H,31,33). The lowest BCUT2D eigenvalue weighted by molar-refractivity contribution is -0.113. The molecular formula is C28H28ClN3O3S. The Balaban J connectivity index is 1.40. The Morgan fingerprint density at radius 3 is 2.61 bits per heavy atom. The highest BCUT2D eigenvalue weighted by Gasteiger charge is 2.13. The number of thioether (sulfide) groups is 1. The number of carbonyl (C=O) groups is 2. The number of aromatic nitrogens is 1. The van der Waals surface area contributed by atoms with Crippen molar-refractivity contribution in [2.75, 3.05) is 24.7 Å². The molecule has 0 saturated carbocycles. The zero-order valence-electron chi connectivity index (χ0n) is 20.4. The molecule has 0 aliphatic heterocycles. The molecule has 0 saturated heterocycles. The van der Waals surface area contributed by atoms with Gasteiger partial charge < -0.3 is 19.9 Å². The van der Waals surface area contributed by atoms with Crippen molar-refractivity contribution in [2.45, 2.75) is 25.3 Å². The Morgan fingerprint density at radius 1 is 1.03 bits per heavy atom. The molecule has 36 heavy (non-hydrogen) atoms. The van der Waals surface area contributed by atoms with Gasteiger partial charge in [-0.1, -0.05) is 35.9 Å². The average molecular weight is 522 g/mol. The molecule has 4 rings (SSSR count). The summed E-state index contributed by atoms with van der Waals surface area (Å²) in [6, 6.07) is 18.9. The first-order valence-corrected chi connectivity index (χ1v) is 12.9. The number of aryl methyl sites for hydroxylation is 2. The number of methoxy groups -OCH3 is 1. The first kappa shape index (κ1) is 25.7. The lowest BCUT2D eigenvalue weighted by Crippen LogP contribution is -2.27. The van der Waals surface area contributed by atoms with Crippen molar-refractivity contribution in [2.24, 2.45) is 0 Å². The molecule has 0 atom stereocenters. The molecule has 3 aromatic carbocycles. The molecule has 8 heteroatoms. The van der Waals surface area contributed by atoms with E-state index in [1.54, 1.807) is 25.3 Å². The molecule has 0 aliphatic carbocycles. The first-order valence-electron chi connectivity index (χ1n) is 11.5. The van der Waals surface area contributed by atoms with E-state index in [-0.39, 0.29) is 17.6 Å². The molecule has 0 bridgehead atoms. The van der Waals surface area contributed by atoms with E-state index in [1.807, 2.05) is 62.5 Å². The van der Waals surface area contributed by atoms with Gasteiger partial charge in [-0.3, -0.25) is 9.59 Å². The van der Waals surface area contributed by atoms with Crippen molar-refractivity contribution in [3.05, 3.63) is 88.6 Å². The van der Waals surface area contributed by atoms with Crippen molar-refractivity contribution in [3.8, 4) is 5.75 Å². The smallest absolute Gasteiger partial charge is 0.251 e. The van der Waals surface area contributed by atoms with Crippen LogP contribution in [0.5, 0.6) is 5.75 Å². The van der Waals surface area contributed by atoms with Crippen LogP contribution in [0.3, 0.4) is 0 Å². The Labute approximate surface area is 220 Å². The number of hydrogen-bond acceptors (Lipinski definition) is 4. The molecule has 2 amide bonds. The van der Waals surface area contributed by atoms with E-state index in [0.29, 0.717) is 35.1 Å². The Morgan fingerprint density at radius 2 is 1.83 bits per heavy atom. The number of amides is 2. The van der Waals surface area contributed by atoms with Crippen molar-refractivity contribution in [1.29, 1.82) is 0 Å². The second-order valence-corrected chi connectivity index (χ2v) is 9.89. The van der Waals surface area contributed by atoms with Crippen LogP contribution in [0.25, 0.3) is 10.9 Å². The number of halogens is 1. The largest absolute Gasteiger partial charge is 0.495 e. The predicted octanol–water partition coefficient (Wildman–Crippen LogP) is 6.08. The number of hydrogen-bond donors (Lipinski definition) is 2. The van der Waals surface area contributed by atoms with Crippen molar-refractivity contribution >= 4 is 51.8 Å². The van der Waals surface area contributed by atoms with Crippen LogP contribution in [0.2, 0.25) is 5.02 Å². The van der Waals surface area contributed by atoms with Crippen molar-refractivity contribution in [1.82, 2.24) is 9.88 Å². The second kappa shape index (κ2) is 11.5. The monoisotopic (exact) mass is 521 g/mol. The molecule has 186 valence electrons. The maximum atomic E-state index is 12.6. The van der Waals surface area contributed by atoms with E-state index in [2.05, 4.69) is 15.2 Å². The van der Waals surface area contributed by atoms with Crippen LogP contribution in [-0.2, 0) is 11.3 Å². The third kappa shape index (κ3) is 6.04. The molecule has 1 aromatic heterocycles. The van der Waals surface area contributed by atoms with E-state index in [4.69, 9.17) is 16.3 Å². The minimum absolute atomic E-state index is 0.0859. The number of nitrogens with one attached hydrogen (secondary N) is 2. The molecule has 6 nitrogen and oxygen atoms in total. The topological polar surface area (TPSA) is 72.4 Å². The summed E-state index contributed by atoms with van der Waals surface area (Å²) >= 11 is 7.53. The summed E-state index contributed by atoms with van der Waals surface area (Å²) in [4.78, 5) is 26.2. The summed E-state index contributed by atoms with van der Waals surface area (Å²) < 4.78 is 7.41. The Bertz CT molecular complexity index is 1420. The van der Waals surface area contributed by atoms with E-state index in [9.17, 15) is 9.59 Å². The zero-order chi connectivity index (χ0) is 25.7. The van der Waals surface area contributed by atoms with Crippen LogP contribution in [0.4, 0.5) is 5.69 Å². The fourth-order valence-electron chi connectivity index (χ4n) is 3.90. The Hall–Kier alpha value is -3.42. The number of para-hydroxylation sites is 1. The van der Waals surface area contributed by atoms with Crippen LogP contribution in [-0.4, -0.2) is 35.8 Å². The molecule has 0 unspecified atom stereocenters. The fourth-order valence-corrected chi connectivity index (χ4v) is 4.96. The number of benzene rings is 3. The van der Waals surface area contributed by atoms with E-state index in [1.165, 1.54) is 11.8 Å². The number of carbonyl (C=O) groups excluding carboxylic acids is 2. The van der Waals surface area contributed by atoms with Gasteiger partial charge in [-0.15, -0.1) is 11.8 Å². The van der Waals surface area contributed by atoms with Crippen LogP contribution in [0.15, 0.2) is 71.8 Å². The van der Waals surface area contributed by atoms with Gasteiger partial charge in [-0.2, -0.15) is 0 Å². The first-order chi connectivity index (χ1) is 17.4. The van der Waals surface area contributed by atoms with Gasteiger partial charge in [0.05, 0.1) is 18.6 Å². The van der Waals surface area contributed by atoms with E-state index < -0.39 is 0 Å². The van der Waals surface area contributed by atoms with Crippen LogP contribution in [0, 0.1) is 13.8 Å². The Kier molecular flexibility index (Phi) is 8.23. The van der Waals surface area contributed by atoms with Gasteiger partial charge in [0.25, 0.3) is 5.91 Å². The molecular weight excluding hydrogens is 494 g/mol. The maximum Gasteiger partial charge on any atom is 0.251 e. The average Bonchev–Trinajstić information content (AvgIpc) is 3.22. The summed E-state index contributed by atoms with van der Waals surface area (Å²) in [5.74, 6) is 0.542. The quantitative estimate of drug-likeness (QED) is 0.262. The molecule has 0 spiro atoms. The molecule has 0 fully saturated rings. The van der Waals surface area contributed by atoms with Gasteiger partial charge in [0.2, 0.25) is 5.91 Å². The lowest BCUT2D eigenvalue weighted by Gasteiger charge is -2.10. The second-order valence-electron chi connectivity index (χ2n) is 8.44. The number of ether oxygens (including phenoxy) is 1. The molecule has 0 aliphatic rings. The third-order valence-corrected chi connectivity index (χ3v) is 7.23. The summed E-state index contributed by atoms with van der Waals surface area (Å²) in [5.41, 5.74) is 4.51. The van der Waals surface area contributed by atoms with Crippen LogP contribution >= 0.6 is 23.4 Å². The summed E-state index contributed by atoms with van der Waals surface area (Å²) in [7, 11) is 1.55. The molecule has 0 radical (unpaired) electrons. The highest BCUT2D eigenvalue weighted by Crippen LogP contribution is 2.31. The normalized spacial score (nSPS) is 10.9. The van der Waals surface area contributed by atoms with Crippen LogP contribution < -0.4 is 15.4 Å². The van der Waals surface area contributed by atoms with E-state index >= 15 is 0 Å². The third-order valence-electron chi connectivity index (χ3n) is 5.95. The SMILES string of the molecule is COc1ccc(Cl)cc1NC(=O)CSc1cn(CCNC(=O)c2ccc(C)c(C)c2)c2ccccc12. The van der Waals surface area contributed by atoms with E-state index in [0.717, 1.165) is 26.9 Å². The number of nitrogens with zero attached hydrogens (tertiary/aromatic N) is 1. The highest BCUT2D eigenvalue weighted by atomic mass is 35.5. The maximum absolute atomic E-state index is 12.6. The van der Waals surface area contributed by atoms with Gasteiger partial charge >= 0.3 is 0 Å². The number of anilines is 1. The predicted molar refractivity (Wildman–Crippen MR) is 148 cm³/mol. The summed E-state index contributed by atoms with van der Waals surface area (Å²) in [5, 5.41) is 7.47. The summed E-state index contributed by atoms with van der Waals surface area (Å²) in [6.07, 6.45) is 2.03. The molecule has 2 N–H and O–H groups in total. The zero-order valence-corrected chi connectivity index (χ0v) is 22.0. The molecule has 4 aromatic rings. The minimum Gasteiger partial charge on any atom is -0.495 e. The van der Waals surface area contributed by atoms with Gasteiger partial charge in [0, 0.05) is 45.7 Å². The van der Waals surface area contributed by atoms with Crippen LogP contribution in [0.1, 0.15) is 21.5 Å². The van der Waals surface area contributed by atoms with Gasteiger partial charge in [-0.25, -0.2) is 0 Å². The van der Waals surface area contributed by atoms with Crippen molar-refractivity contribution < 1.29 is 14.3 Å². The van der Waals surface area contributed by atoms with Crippen molar-refractivity contribution in [3.63, 3.8) is 0 Å². The van der Waals surface area contributed by atoms with Gasteiger partial charge in [-0.05, 0) is 61.4 Å². The highest BCUT2D eigenvalue weighted by molar-refractivity contribution is 8.00. The summed E-state index contributed by atoms with van der Waals surface area (Å²) in [6.45, 7) is 5.14. The minimum atomic E-state index is -0.155. The number of fused-ring (bicyclic) bond motifs is 1.